The zero-order chi connectivity index (χ0) is 12.2. The first-order valence-electron chi connectivity index (χ1n) is 6.59. The number of amides is 2. The van der Waals surface area contributed by atoms with Crippen molar-refractivity contribution in [3.63, 3.8) is 0 Å². The van der Waals surface area contributed by atoms with Gasteiger partial charge in [0.25, 0.3) is 0 Å². The Kier molecular flexibility index (Phi) is 2.34. The lowest BCUT2D eigenvalue weighted by atomic mass is 9.47. The van der Waals surface area contributed by atoms with Crippen molar-refractivity contribution in [1.29, 1.82) is 0 Å². The average Bonchev–Trinajstić information content (AvgIpc) is 2.23. The standard InChI is InChI=1S/C13H20N2O2/c1-7(16)15-12(17)13-5-8-2-9(6-13)4-10(3-8)11(13)14/h8-11H,2-6,14H2,1H3,(H,15,16,17). The van der Waals surface area contributed by atoms with Gasteiger partial charge in [-0.1, -0.05) is 0 Å². The predicted octanol–water partition coefficient (Wildman–Crippen LogP) is 0.803. The number of hydrogen-bond donors (Lipinski definition) is 2. The predicted molar refractivity (Wildman–Crippen MR) is 62.8 cm³/mol. The Hall–Kier alpha value is -0.900. The monoisotopic (exact) mass is 236 g/mol. The molecule has 4 bridgehead atoms. The highest BCUT2D eigenvalue weighted by Crippen LogP contribution is 2.59. The molecule has 0 radical (unpaired) electrons. The molecule has 0 heterocycles. The van der Waals surface area contributed by atoms with E-state index in [2.05, 4.69) is 5.32 Å². The molecule has 17 heavy (non-hydrogen) atoms. The highest BCUT2D eigenvalue weighted by atomic mass is 16.2. The molecule has 4 aliphatic rings. The molecule has 0 spiro atoms. The molecule has 4 saturated carbocycles. The van der Waals surface area contributed by atoms with Gasteiger partial charge in [0.2, 0.25) is 11.8 Å². The third-order valence-corrected chi connectivity index (χ3v) is 5.13. The van der Waals surface area contributed by atoms with E-state index in [9.17, 15) is 9.59 Å². The maximum atomic E-state index is 12.3. The molecular formula is C13H20N2O2. The number of hydrogen-bond acceptors (Lipinski definition) is 3. The molecule has 4 heteroatoms. The van der Waals surface area contributed by atoms with Crippen LogP contribution >= 0.6 is 0 Å². The van der Waals surface area contributed by atoms with Crippen LogP contribution in [0.15, 0.2) is 0 Å². The van der Waals surface area contributed by atoms with Crippen LogP contribution in [0.3, 0.4) is 0 Å². The summed E-state index contributed by atoms with van der Waals surface area (Å²) in [5.41, 5.74) is 5.86. The molecular weight excluding hydrogens is 216 g/mol. The van der Waals surface area contributed by atoms with E-state index < -0.39 is 5.41 Å². The third-order valence-electron chi connectivity index (χ3n) is 5.13. The Labute approximate surface area is 101 Å². The second-order valence-corrected chi connectivity index (χ2v) is 6.30. The Morgan fingerprint density at radius 3 is 2.29 bits per heavy atom. The van der Waals surface area contributed by atoms with Gasteiger partial charge in [-0.3, -0.25) is 14.9 Å². The summed E-state index contributed by atoms with van der Waals surface area (Å²) in [6.07, 6.45) is 5.42. The minimum absolute atomic E-state index is 0.0466. The van der Waals surface area contributed by atoms with E-state index in [-0.39, 0.29) is 17.9 Å². The minimum Gasteiger partial charge on any atom is -0.326 e. The van der Waals surface area contributed by atoms with Gasteiger partial charge in [-0.2, -0.15) is 0 Å². The van der Waals surface area contributed by atoms with Gasteiger partial charge in [-0.15, -0.1) is 0 Å². The first-order valence-corrected chi connectivity index (χ1v) is 6.59. The molecule has 4 nitrogen and oxygen atoms in total. The van der Waals surface area contributed by atoms with Crippen LogP contribution in [0.2, 0.25) is 0 Å². The van der Waals surface area contributed by atoms with E-state index in [4.69, 9.17) is 5.73 Å². The number of rotatable bonds is 1. The lowest BCUT2D eigenvalue weighted by Crippen LogP contribution is -2.65. The first kappa shape index (κ1) is 11.2. The van der Waals surface area contributed by atoms with Crippen LogP contribution in [0.4, 0.5) is 0 Å². The quantitative estimate of drug-likeness (QED) is 0.707. The molecule has 4 fully saturated rings. The second-order valence-electron chi connectivity index (χ2n) is 6.30. The van der Waals surface area contributed by atoms with E-state index in [1.807, 2.05) is 0 Å². The van der Waals surface area contributed by atoms with Crippen molar-refractivity contribution < 1.29 is 9.59 Å². The van der Waals surface area contributed by atoms with E-state index in [0.29, 0.717) is 17.8 Å². The summed E-state index contributed by atoms with van der Waals surface area (Å²) in [5, 5.41) is 2.47. The maximum Gasteiger partial charge on any atom is 0.234 e. The van der Waals surface area contributed by atoms with E-state index in [1.54, 1.807) is 0 Å². The summed E-state index contributed by atoms with van der Waals surface area (Å²) in [5.74, 6) is 1.43. The van der Waals surface area contributed by atoms with Crippen LogP contribution in [0, 0.1) is 23.2 Å². The molecule has 0 aliphatic heterocycles. The second kappa shape index (κ2) is 3.55. The van der Waals surface area contributed by atoms with Crippen molar-refractivity contribution in [2.45, 2.75) is 45.1 Å². The molecule has 3 unspecified atom stereocenters. The molecule has 4 rings (SSSR count). The fourth-order valence-electron chi connectivity index (χ4n) is 4.70. The molecule has 3 N–H and O–H groups in total. The van der Waals surface area contributed by atoms with Crippen LogP contribution in [-0.2, 0) is 9.59 Å². The summed E-state index contributed by atoms with van der Waals surface area (Å²) >= 11 is 0. The van der Waals surface area contributed by atoms with Gasteiger partial charge in [0.05, 0.1) is 5.41 Å². The van der Waals surface area contributed by atoms with Crippen LogP contribution in [0.1, 0.15) is 39.0 Å². The normalized spacial score (nSPS) is 46.9. The smallest absolute Gasteiger partial charge is 0.234 e. The van der Waals surface area contributed by atoms with Gasteiger partial charge in [0, 0.05) is 13.0 Å². The van der Waals surface area contributed by atoms with Gasteiger partial charge < -0.3 is 5.73 Å². The van der Waals surface area contributed by atoms with Crippen LogP contribution in [-0.4, -0.2) is 17.9 Å². The third kappa shape index (κ3) is 1.53. The summed E-state index contributed by atoms with van der Waals surface area (Å²) in [6.45, 7) is 1.39. The molecule has 2 amide bonds. The molecule has 0 aromatic heterocycles. The Bertz CT molecular complexity index is 366. The van der Waals surface area contributed by atoms with Gasteiger partial charge in [-0.05, 0) is 49.9 Å². The summed E-state index contributed by atoms with van der Waals surface area (Å²) < 4.78 is 0. The van der Waals surface area contributed by atoms with Crippen molar-refractivity contribution in [3.05, 3.63) is 0 Å². The molecule has 4 aliphatic carbocycles. The first-order chi connectivity index (χ1) is 8.01. The highest BCUT2D eigenvalue weighted by Gasteiger charge is 2.59. The topological polar surface area (TPSA) is 72.2 Å². The zero-order valence-corrected chi connectivity index (χ0v) is 10.2. The SMILES string of the molecule is CC(=O)NC(=O)C12CC3CC(CC(C3)C1N)C2. The summed E-state index contributed by atoms with van der Waals surface area (Å²) in [7, 11) is 0. The molecule has 3 atom stereocenters. The van der Waals surface area contributed by atoms with Crippen molar-refractivity contribution in [2.75, 3.05) is 0 Å². The number of nitrogens with one attached hydrogen (secondary N) is 1. The van der Waals surface area contributed by atoms with Crippen LogP contribution in [0.5, 0.6) is 0 Å². The molecule has 0 saturated heterocycles. The van der Waals surface area contributed by atoms with Crippen molar-refractivity contribution in [2.24, 2.45) is 28.9 Å². The Balaban J connectivity index is 1.90. The molecule has 0 aromatic carbocycles. The van der Waals surface area contributed by atoms with Gasteiger partial charge in [0.1, 0.15) is 0 Å². The largest absolute Gasteiger partial charge is 0.326 e. The highest BCUT2D eigenvalue weighted by molar-refractivity contribution is 5.97. The minimum atomic E-state index is -0.444. The number of carbonyl (C=O) groups is 2. The van der Waals surface area contributed by atoms with Crippen molar-refractivity contribution >= 4 is 11.8 Å². The number of nitrogens with two attached hydrogens (primary N) is 1. The van der Waals surface area contributed by atoms with Crippen molar-refractivity contribution in [3.8, 4) is 0 Å². The molecule has 0 aromatic rings. The van der Waals surface area contributed by atoms with Crippen LogP contribution < -0.4 is 11.1 Å². The lowest BCUT2D eigenvalue weighted by molar-refractivity contribution is -0.152. The average molecular weight is 236 g/mol. The summed E-state index contributed by atoms with van der Waals surface area (Å²) in [6, 6.07) is -0.0466. The fraction of sp³-hybridized carbons (Fsp3) is 0.846. The lowest BCUT2D eigenvalue weighted by Gasteiger charge is -2.59. The van der Waals surface area contributed by atoms with E-state index >= 15 is 0 Å². The fourth-order valence-corrected chi connectivity index (χ4v) is 4.70. The zero-order valence-electron chi connectivity index (χ0n) is 10.2. The summed E-state index contributed by atoms with van der Waals surface area (Å²) in [4.78, 5) is 23.4. The molecule has 94 valence electrons. The Morgan fingerprint density at radius 1 is 1.18 bits per heavy atom. The van der Waals surface area contributed by atoms with Gasteiger partial charge in [0.15, 0.2) is 0 Å². The maximum absolute atomic E-state index is 12.3. The van der Waals surface area contributed by atoms with Gasteiger partial charge in [-0.25, -0.2) is 0 Å². The Morgan fingerprint density at radius 2 is 1.76 bits per heavy atom. The number of imide groups is 1. The van der Waals surface area contributed by atoms with E-state index in [0.717, 1.165) is 12.8 Å². The number of carbonyl (C=O) groups excluding carboxylic acids is 2. The van der Waals surface area contributed by atoms with Crippen molar-refractivity contribution in [1.82, 2.24) is 5.32 Å². The van der Waals surface area contributed by atoms with Gasteiger partial charge >= 0.3 is 0 Å². The van der Waals surface area contributed by atoms with E-state index in [1.165, 1.54) is 26.2 Å². The van der Waals surface area contributed by atoms with Crippen LogP contribution in [0.25, 0.3) is 0 Å².